The van der Waals surface area contributed by atoms with Gasteiger partial charge in [-0.1, -0.05) is 12.1 Å². The standard InChI is InChI=1S/C15H21N3S/c1-11(18(2)12-6-5-9-16-10-12)15-17-13-7-3-4-8-14(13)19-15/h3-4,7-8,11-12,16H,5-6,9-10H2,1-2H3. The maximum Gasteiger partial charge on any atom is 0.111 e. The maximum absolute atomic E-state index is 4.78. The van der Waals surface area contributed by atoms with Gasteiger partial charge in [0, 0.05) is 12.6 Å². The molecule has 1 aromatic heterocycles. The monoisotopic (exact) mass is 275 g/mol. The summed E-state index contributed by atoms with van der Waals surface area (Å²) in [6.45, 7) is 4.54. The number of piperidine rings is 1. The molecule has 0 bridgehead atoms. The summed E-state index contributed by atoms with van der Waals surface area (Å²) in [7, 11) is 2.23. The lowest BCUT2D eigenvalue weighted by Gasteiger charge is -2.35. The summed E-state index contributed by atoms with van der Waals surface area (Å²) in [4.78, 5) is 7.26. The number of hydrogen-bond donors (Lipinski definition) is 1. The third kappa shape index (κ3) is 2.66. The van der Waals surface area contributed by atoms with Crippen molar-refractivity contribution in [1.29, 1.82) is 0 Å². The minimum absolute atomic E-state index is 0.391. The molecule has 3 rings (SSSR count). The number of nitrogens with zero attached hydrogens (tertiary/aromatic N) is 2. The number of aromatic nitrogens is 1. The summed E-state index contributed by atoms with van der Waals surface area (Å²) in [6.07, 6.45) is 2.57. The lowest BCUT2D eigenvalue weighted by atomic mass is 10.1. The van der Waals surface area contributed by atoms with E-state index in [2.05, 4.69) is 48.5 Å². The van der Waals surface area contributed by atoms with Crippen LogP contribution in [0, 0.1) is 0 Å². The zero-order chi connectivity index (χ0) is 13.2. The van der Waals surface area contributed by atoms with Crippen LogP contribution in [0.4, 0.5) is 0 Å². The highest BCUT2D eigenvalue weighted by molar-refractivity contribution is 7.18. The first kappa shape index (κ1) is 13.0. The summed E-state index contributed by atoms with van der Waals surface area (Å²) < 4.78 is 1.29. The molecule has 1 fully saturated rings. The Morgan fingerprint density at radius 2 is 2.26 bits per heavy atom. The normalized spacial score (nSPS) is 21.9. The van der Waals surface area contributed by atoms with Crippen molar-refractivity contribution in [2.75, 3.05) is 20.1 Å². The molecule has 4 heteroatoms. The van der Waals surface area contributed by atoms with Crippen molar-refractivity contribution in [1.82, 2.24) is 15.2 Å². The van der Waals surface area contributed by atoms with E-state index in [1.807, 2.05) is 11.3 Å². The van der Waals surface area contributed by atoms with E-state index in [0.29, 0.717) is 12.1 Å². The van der Waals surface area contributed by atoms with Crippen LogP contribution in [-0.2, 0) is 0 Å². The highest BCUT2D eigenvalue weighted by Gasteiger charge is 2.24. The van der Waals surface area contributed by atoms with E-state index in [1.54, 1.807) is 0 Å². The second-order valence-corrected chi connectivity index (χ2v) is 6.42. The van der Waals surface area contributed by atoms with Gasteiger partial charge in [0.15, 0.2) is 0 Å². The van der Waals surface area contributed by atoms with E-state index >= 15 is 0 Å². The van der Waals surface area contributed by atoms with Crippen molar-refractivity contribution in [3.63, 3.8) is 0 Å². The molecule has 0 spiro atoms. The molecular weight excluding hydrogens is 254 g/mol. The van der Waals surface area contributed by atoms with Gasteiger partial charge in [0.05, 0.1) is 16.3 Å². The molecule has 19 heavy (non-hydrogen) atoms. The third-order valence-electron chi connectivity index (χ3n) is 4.13. The average molecular weight is 275 g/mol. The van der Waals surface area contributed by atoms with Crippen LogP contribution in [0.1, 0.15) is 30.8 Å². The van der Waals surface area contributed by atoms with E-state index in [0.717, 1.165) is 12.1 Å². The lowest BCUT2D eigenvalue weighted by molar-refractivity contribution is 0.156. The van der Waals surface area contributed by atoms with E-state index in [-0.39, 0.29) is 0 Å². The minimum atomic E-state index is 0.391. The molecule has 1 aliphatic rings. The second kappa shape index (κ2) is 5.57. The van der Waals surface area contributed by atoms with Crippen LogP contribution < -0.4 is 5.32 Å². The molecule has 1 N–H and O–H groups in total. The largest absolute Gasteiger partial charge is 0.315 e. The van der Waals surface area contributed by atoms with Gasteiger partial charge in [-0.15, -0.1) is 11.3 Å². The van der Waals surface area contributed by atoms with Crippen LogP contribution in [-0.4, -0.2) is 36.1 Å². The maximum atomic E-state index is 4.78. The van der Waals surface area contributed by atoms with Crippen molar-refractivity contribution >= 4 is 21.6 Å². The van der Waals surface area contributed by atoms with Crippen molar-refractivity contribution in [2.24, 2.45) is 0 Å². The van der Waals surface area contributed by atoms with E-state index < -0.39 is 0 Å². The van der Waals surface area contributed by atoms with Crippen LogP contribution in [0.5, 0.6) is 0 Å². The molecule has 0 aliphatic carbocycles. The van der Waals surface area contributed by atoms with Crippen LogP contribution in [0.2, 0.25) is 0 Å². The molecule has 1 aromatic carbocycles. The van der Waals surface area contributed by atoms with Gasteiger partial charge in [-0.25, -0.2) is 4.98 Å². The van der Waals surface area contributed by atoms with Gasteiger partial charge >= 0.3 is 0 Å². The Morgan fingerprint density at radius 1 is 1.42 bits per heavy atom. The van der Waals surface area contributed by atoms with E-state index in [9.17, 15) is 0 Å². The Labute approximate surface area is 118 Å². The van der Waals surface area contributed by atoms with Gasteiger partial charge in [-0.3, -0.25) is 4.90 Å². The quantitative estimate of drug-likeness (QED) is 0.933. The van der Waals surface area contributed by atoms with Crippen LogP contribution in [0.25, 0.3) is 10.2 Å². The predicted molar refractivity (Wildman–Crippen MR) is 81.7 cm³/mol. The second-order valence-electron chi connectivity index (χ2n) is 5.36. The summed E-state index contributed by atoms with van der Waals surface area (Å²) in [5.41, 5.74) is 1.13. The Morgan fingerprint density at radius 3 is 3.00 bits per heavy atom. The first-order valence-electron chi connectivity index (χ1n) is 7.04. The Hall–Kier alpha value is -0.970. The van der Waals surface area contributed by atoms with Crippen LogP contribution >= 0.6 is 11.3 Å². The van der Waals surface area contributed by atoms with Gasteiger partial charge in [0.2, 0.25) is 0 Å². The van der Waals surface area contributed by atoms with E-state index in [1.165, 1.54) is 29.1 Å². The highest BCUT2D eigenvalue weighted by Crippen LogP contribution is 2.30. The van der Waals surface area contributed by atoms with Crippen LogP contribution in [0.3, 0.4) is 0 Å². The molecule has 0 saturated carbocycles. The Balaban J connectivity index is 1.79. The molecule has 2 heterocycles. The summed E-state index contributed by atoms with van der Waals surface area (Å²) in [6, 6.07) is 9.43. The smallest absolute Gasteiger partial charge is 0.111 e. The average Bonchev–Trinajstić information content (AvgIpc) is 2.90. The fourth-order valence-electron chi connectivity index (χ4n) is 2.74. The molecule has 2 atom stereocenters. The zero-order valence-corrected chi connectivity index (χ0v) is 12.4. The van der Waals surface area contributed by atoms with Crippen LogP contribution in [0.15, 0.2) is 24.3 Å². The zero-order valence-electron chi connectivity index (χ0n) is 11.6. The molecular formula is C15H21N3S. The summed E-state index contributed by atoms with van der Waals surface area (Å²) in [5, 5.41) is 4.72. The van der Waals surface area contributed by atoms with Gasteiger partial charge in [0.1, 0.15) is 5.01 Å². The number of fused-ring (bicyclic) bond motifs is 1. The topological polar surface area (TPSA) is 28.2 Å². The first-order valence-corrected chi connectivity index (χ1v) is 7.85. The van der Waals surface area contributed by atoms with Crippen molar-refractivity contribution < 1.29 is 0 Å². The number of rotatable bonds is 3. The lowest BCUT2D eigenvalue weighted by Crippen LogP contribution is -2.45. The SMILES string of the molecule is CC(c1nc2ccccc2s1)N(C)C1CCCNC1. The van der Waals surface area contributed by atoms with E-state index in [4.69, 9.17) is 4.98 Å². The molecule has 2 unspecified atom stereocenters. The molecule has 2 aromatic rings. The Bertz CT molecular complexity index is 512. The molecule has 102 valence electrons. The minimum Gasteiger partial charge on any atom is -0.315 e. The van der Waals surface area contributed by atoms with Crippen molar-refractivity contribution in [2.45, 2.75) is 31.8 Å². The van der Waals surface area contributed by atoms with Crippen molar-refractivity contribution in [3.05, 3.63) is 29.3 Å². The molecule has 1 saturated heterocycles. The number of thiazole rings is 1. The van der Waals surface area contributed by atoms with Gasteiger partial charge in [-0.05, 0) is 45.5 Å². The number of hydrogen-bond acceptors (Lipinski definition) is 4. The van der Waals surface area contributed by atoms with Crippen molar-refractivity contribution in [3.8, 4) is 0 Å². The fraction of sp³-hybridized carbons (Fsp3) is 0.533. The molecule has 1 aliphatic heterocycles. The fourth-order valence-corrected chi connectivity index (χ4v) is 3.81. The number of nitrogens with one attached hydrogen (secondary N) is 1. The molecule has 0 radical (unpaired) electrons. The number of para-hydroxylation sites is 1. The molecule has 0 amide bonds. The number of likely N-dealkylation sites (N-methyl/N-ethyl adjacent to an activating group) is 1. The number of benzene rings is 1. The van der Waals surface area contributed by atoms with Gasteiger partial charge in [0.25, 0.3) is 0 Å². The third-order valence-corrected chi connectivity index (χ3v) is 5.33. The highest BCUT2D eigenvalue weighted by atomic mass is 32.1. The Kier molecular flexibility index (Phi) is 3.82. The first-order chi connectivity index (χ1) is 9.25. The summed E-state index contributed by atoms with van der Waals surface area (Å²) >= 11 is 1.82. The predicted octanol–water partition coefficient (Wildman–Crippen LogP) is 3.04. The molecule has 3 nitrogen and oxygen atoms in total. The summed E-state index contributed by atoms with van der Waals surface area (Å²) in [5.74, 6) is 0. The van der Waals surface area contributed by atoms with Gasteiger partial charge < -0.3 is 5.32 Å². The van der Waals surface area contributed by atoms with Gasteiger partial charge in [-0.2, -0.15) is 0 Å².